The molecule has 1 aromatic rings. The van der Waals surface area contributed by atoms with Crippen LogP contribution >= 0.6 is 0 Å². The van der Waals surface area contributed by atoms with Gasteiger partial charge in [-0.15, -0.1) is 0 Å². The molecule has 0 spiro atoms. The van der Waals surface area contributed by atoms with E-state index in [0.717, 1.165) is 25.0 Å². The van der Waals surface area contributed by atoms with Crippen LogP contribution in [0.3, 0.4) is 0 Å². The summed E-state index contributed by atoms with van der Waals surface area (Å²) in [6, 6.07) is 1.65. The van der Waals surface area contributed by atoms with Crippen LogP contribution in [0.1, 0.15) is 18.4 Å². The second-order valence-electron chi connectivity index (χ2n) is 4.48. The molecule has 1 unspecified atom stereocenters. The zero-order valence-corrected chi connectivity index (χ0v) is 11.4. The van der Waals surface area contributed by atoms with E-state index < -0.39 is 38.7 Å². The second kappa shape index (κ2) is 6.13. The van der Waals surface area contributed by atoms with Crippen LogP contribution in [0.15, 0.2) is 17.0 Å². The molecule has 0 saturated carbocycles. The van der Waals surface area contributed by atoms with Crippen molar-refractivity contribution in [2.45, 2.75) is 30.4 Å². The maximum absolute atomic E-state index is 13.9. The third kappa shape index (κ3) is 3.14. The molecule has 1 atom stereocenters. The maximum Gasteiger partial charge on any atom is 0.243 e. The molecule has 1 aliphatic rings. The average Bonchev–Trinajstić information content (AvgIpc) is 2.90. The van der Waals surface area contributed by atoms with Gasteiger partial charge in [-0.25, -0.2) is 21.9 Å². The van der Waals surface area contributed by atoms with Crippen molar-refractivity contribution in [1.82, 2.24) is 4.72 Å². The van der Waals surface area contributed by atoms with Crippen LogP contribution in [0.4, 0.5) is 8.78 Å². The Morgan fingerprint density at radius 2 is 2.15 bits per heavy atom. The quantitative estimate of drug-likeness (QED) is 0.848. The van der Waals surface area contributed by atoms with Gasteiger partial charge in [0.1, 0.15) is 10.7 Å². The summed E-state index contributed by atoms with van der Waals surface area (Å²) in [5, 5.41) is 8.88. The molecule has 1 heterocycles. The van der Waals surface area contributed by atoms with Gasteiger partial charge in [0.25, 0.3) is 0 Å². The highest BCUT2D eigenvalue weighted by Crippen LogP contribution is 2.21. The van der Waals surface area contributed by atoms with Crippen molar-refractivity contribution in [1.29, 1.82) is 0 Å². The van der Waals surface area contributed by atoms with Crippen molar-refractivity contribution in [2.24, 2.45) is 0 Å². The Bertz CT molecular complexity index is 585. The summed E-state index contributed by atoms with van der Waals surface area (Å²) in [7, 11) is -4.11. The van der Waals surface area contributed by atoms with Gasteiger partial charge in [-0.2, -0.15) is 0 Å². The van der Waals surface area contributed by atoms with Gasteiger partial charge in [0, 0.05) is 13.2 Å². The van der Waals surface area contributed by atoms with E-state index >= 15 is 0 Å². The highest BCUT2D eigenvalue weighted by molar-refractivity contribution is 7.89. The van der Waals surface area contributed by atoms with Crippen LogP contribution in [-0.2, 0) is 21.4 Å². The van der Waals surface area contributed by atoms with Crippen molar-refractivity contribution in [3.8, 4) is 0 Å². The van der Waals surface area contributed by atoms with E-state index in [-0.39, 0.29) is 12.6 Å². The number of ether oxygens (including phenoxy) is 1. The van der Waals surface area contributed by atoms with Gasteiger partial charge >= 0.3 is 0 Å². The highest BCUT2D eigenvalue weighted by atomic mass is 32.2. The first kappa shape index (κ1) is 15.3. The smallest absolute Gasteiger partial charge is 0.243 e. The third-order valence-corrected chi connectivity index (χ3v) is 4.56. The molecule has 5 nitrogen and oxygen atoms in total. The van der Waals surface area contributed by atoms with Crippen LogP contribution in [0.25, 0.3) is 0 Å². The number of benzene rings is 1. The van der Waals surface area contributed by atoms with Crippen LogP contribution in [0, 0.1) is 11.6 Å². The molecule has 2 rings (SSSR count). The van der Waals surface area contributed by atoms with E-state index in [1.54, 1.807) is 0 Å². The van der Waals surface area contributed by atoms with Gasteiger partial charge in [-0.05, 0) is 25.0 Å². The third-order valence-electron chi connectivity index (χ3n) is 3.12. The minimum absolute atomic E-state index is 0.0353. The number of hydrogen-bond donors (Lipinski definition) is 2. The van der Waals surface area contributed by atoms with Gasteiger partial charge in [0.05, 0.1) is 18.3 Å². The molecule has 20 heavy (non-hydrogen) atoms. The fourth-order valence-electron chi connectivity index (χ4n) is 2.01. The Hall–Kier alpha value is -1.09. The lowest BCUT2D eigenvalue weighted by molar-refractivity contribution is 0.114. The van der Waals surface area contributed by atoms with Gasteiger partial charge in [-0.1, -0.05) is 0 Å². The monoisotopic (exact) mass is 307 g/mol. The number of hydrogen-bond acceptors (Lipinski definition) is 4. The lowest BCUT2D eigenvalue weighted by atomic mass is 10.2. The van der Waals surface area contributed by atoms with E-state index in [9.17, 15) is 17.2 Å². The standard InChI is InChI=1S/C12H15F2NO4S/c13-10-3-4-11(12(14)9(10)7-16)20(17,18)15-6-8-2-1-5-19-8/h3-4,8,15-16H,1-2,5-7H2. The minimum Gasteiger partial charge on any atom is -0.391 e. The normalized spacial score (nSPS) is 19.4. The number of halogens is 2. The van der Waals surface area contributed by atoms with E-state index in [4.69, 9.17) is 9.84 Å². The van der Waals surface area contributed by atoms with E-state index in [1.165, 1.54) is 0 Å². The number of aliphatic hydroxyl groups excluding tert-OH is 1. The summed E-state index contributed by atoms with van der Waals surface area (Å²) in [6.07, 6.45) is 1.35. The number of aliphatic hydroxyl groups is 1. The molecule has 0 bridgehead atoms. The Kier molecular flexibility index (Phi) is 4.69. The van der Waals surface area contributed by atoms with Crippen LogP contribution in [0.2, 0.25) is 0 Å². The van der Waals surface area contributed by atoms with Crippen molar-refractivity contribution < 1.29 is 27.0 Å². The molecule has 1 aliphatic heterocycles. The summed E-state index contributed by atoms with van der Waals surface area (Å²) in [4.78, 5) is -0.680. The lowest BCUT2D eigenvalue weighted by Gasteiger charge is -2.13. The molecule has 8 heteroatoms. The summed E-state index contributed by atoms with van der Waals surface area (Å²) < 4.78 is 58.5. The largest absolute Gasteiger partial charge is 0.391 e. The fourth-order valence-corrected chi connectivity index (χ4v) is 3.18. The Morgan fingerprint density at radius 3 is 2.75 bits per heavy atom. The van der Waals surface area contributed by atoms with Crippen molar-refractivity contribution in [3.05, 3.63) is 29.3 Å². The predicted octanol–water partition coefficient (Wildman–Crippen LogP) is 0.914. The van der Waals surface area contributed by atoms with Crippen LogP contribution in [-0.4, -0.2) is 32.8 Å². The van der Waals surface area contributed by atoms with Crippen molar-refractivity contribution in [2.75, 3.05) is 13.2 Å². The Morgan fingerprint density at radius 1 is 1.40 bits per heavy atom. The molecule has 2 N–H and O–H groups in total. The second-order valence-corrected chi connectivity index (χ2v) is 6.22. The van der Waals surface area contributed by atoms with Gasteiger partial charge < -0.3 is 9.84 Å². The molecular weight excluding hydrogens is 292 g/mol. The zero-order chi connectivity index (χ0) is 14.8. The number of rotatable bonds is 5. The highest BCUT2D eigenvalue weighted by Gasteiger charge is 2.25. The minimum atomic E-state index is -4.11. The first-order chi connectivity index (χ1) is 9.45. The van der Waals surface area contributed by atoms with Gasteiger partial charge in [0.15, 0.2) is 5.82 Å². The Labute approximate surface area is 115 Å². The molecule has 0 radical (unpaired) electrons. The van der Waals surface area contributed by atoms with Crippen molar-refractivity contribution >= 4 is 10.0 Å². The molecule has 0 aromatic heterocycles. The molecule has 1 aromatic carbocycles. The summed E-state index contributed by atoms with van der Waals surface area (Å²) in [6.45, 7) is -0.299. The molecular formula is C12H15F2NO4S. The maximum atomic E-state index is 13.9. The average molecular weight is 307 g/mol. The summed E-state index contributed by atoms with van der Waals surface area (Å²) in [5.74, 6) is -2.25. The fraction of sp³-hybridized carbons (Fsp3) is 0.500. The Balaban J connectivity index is 2.20. The molecule has 112 valence electrons. The van der Waals surface area contributed by atoms with Gasteiger partial charge in [0.2, 0.25) is 10.0 Å². The molecule has 1 saturated heterocycles. The molecule has 0 aliphatic carbocycles. The van der Waals surface area contributed by atoms with E-state index in [2.05, 4.69) is 4.72 Å². The van der Waals surface area contributed by atoms with E-state index in [1.807, 2.05) is 0 Å². The van der Waals surface area contributed by atoms with Crippen LogP contribution < -0.4 is 4.72 Å². The van der Waals surface area contributed by atoms with Crippen molar-refractivity contribution in [3.63, 3.8) is 0 Å². The van der Waals surface area contributed by atoms with E-state index in [0.29, 0.717) is 6.61 Å². The first-order valence-corrected chi connectivity index (χ1v) is 7.63. The molecule has 0 amide bonds. The topological polar surface area (TPSA) is 75.6 Å². The summed E-state index contributed by atoms with van der Waals surface area (Å²) in [5.41, 5.74) is -0.662. The SMILES string of the molecule is O=S(=O)(NCC1CCCO1)c1ccc(F)c(CO)c1F. The van der Waals surface area contributed by atoms with Crippen LogP contribution in [0.5, 0.6) is 0 Å². The molecule has 1 fully saturated rings. The number of sulfonamides is 1. The predicted molar refractivity (Wildman–Crippen MR) is 66.4 cm³/mol. The lowest BCUT2D eigenvalue weighted by Crippen LogP contribution is -2.32. The first-order valence-electron chi connectivity index (χ1n) is 6.14. The zero-order valence-electron chi connectivity index (χ0n) is 10.6. The summed E-state index contributed by atoms with van der Waals surface area (Å²) >= 11 is 0. The van der Waals surface area contributed by atoms with Gasteiger partial charge in [-0.3, -0.25) is 0 Å². The number of nitrogens with one attached hydrogen (secondary N) is 1.